The molecule has 0 saturated carbocycles. The summed E-state index contributed by atoms with van der Waals surface area (Å²) in [6, 6.07) is 1.11. The van der Waals surface area contributed by atoms with E-state index in [1.54, 1.807) is 0 Å². The molecule has 1 aliphatic heterocycles. The molecule has 1 aliphatic rings. The number of carbonyl (C=O) groups excluding carboxylic acids is 2. The molecule has 12 nitrogen and oxygen atoms in total. The molecule has 32 heavy (non-hydrogen) atoms. The maximum absolute atomic E-state index is 12.5. The summed E-state index contributed by atoms with van der Waals surface area (Å²) in [5.74, 6) is -5.97. The number of nitrogens with zero attached hydrogens (tertiary/aromatic N) is 2. The summed E-state index contributed by atoms with van der Waals surface area (Å²) in [5, 5.41) is 0. The lowest BCUT2D eigenvalue weighted by atomic mass is 10.2. The van der Waals surface area contributed by atoms with Gasteiger partial charge in [0, 0.05) is 12.6 Å². The summed E-state index contributed by atoms with van der Waals surface area (Å²) >= 11 is 0. The number of ether oxygens (including phenoxy) is 2. The van der Waals surface area contributed by atoms with Crippen LogP contribution in [0.2, 0.25) is 0 Å². The zero-order valence-electron chi connectivity index (χ0n) is 15.2. The van der Waals surface area contributed by atoms with E-state index in [2.05, 4.69) is 18.8 Å². The Morgan fingerprint density at radius 3 is 2.38 bits per heavy atom. The van der Waals surface area contributed by atoms with E-state index in [-0.39, 0.29) is 5.82 Å². The van der Waals surface area contributed by atoms with Crippen molar-refractivity contribution in [2.75, 3.05) is 12.3 Å². The zero-order valence-corrected chi connectivity index (χ0v) is 16.1. The second kappa shape index (κ2) is 9.05. The van der Waals surface area contributed by atoms with Crippen molar-refractivity contribution in [2.24, 2.45) is 0 Å². The molecule has 180 valence electrons. The lowest BCUT2D eigenvalue weighted by molar-refractivity contribution is -0.207. The van der Waals surface area contributed by atoms with Crippen LogP contribution in [0.3, 0.4) is 0 Å². The molecular weight excluding hydrogens is 487 g/mol. The fraction of sp³-hybridized carbons (Fsp3) is 0.538. The fourth-order valence-electron chi connectivity index (χ4n) is 2.35. The van der Waals surface area contributed by atoms with Crippen molar-refractivity contribution in [3.8, 4) is 0 Å². The molecule has 4 atom stereocenters. The van der Waals surface area contributed by atoms with Crippen molar-refractivity contribution in [1.82, 2.24) is 9.55 Å². The Morgan fingerprint density at radius 1 is 1.25 bits per heavy atom. The van der Waals surface area contributed by atoms with Crippen LogP contribution in [0.1, 0.15) is 12.6 Å². The number of hydrogen-bond acceptors (Lipinski definition) is 10. The monoisotopic (exact) mass is 499 g/mol. The van der Waals surface area contributed by atoms with Crippen LogP contribution in [0.5, 0.6) is 0 Å². The van der Waals surface area contributed by atoms with Crippen LogP contribution in [0.25, 0.3) is 0 Å². The Morgan fingerprint density at radius 2 is 1.84 bits per heavy atom. The molecule has 0 radical (unpaired) electrons. The molecule has 0 spiro atoms. The van der Waals surface area contributed by atoms with Crippen molar-refractivity contribution in [2.45, 2.75) is 37.2 Å². The van der Waals surface area contributed by atoms with Gasteiger partial charge >= 0.3 is 37.8 Å². The first-order valence-electron chi connectivity index (χ1n) is 8.05. The number of carbonyl (C=O) groups is 2. The number of anilines is 1. The average molecular weight is 499 g/mol. The van der Waals surface area contributed by atoms with E-state index in [1.165, 1.54) is 0 Å². The highest BCUT2D eigenvalue weighted by Crippen LogP contribution is 2.46. The van der Waals surface area contributed by atoms with E-state index in [4.69, 9.17) is 10.5 Å². The van der Waals surface area contributed by atoms with Crippen LogP contribution in [-0.2, 0) is 32.7 Å². The fourth-order valence-corrected chi connectivity index (χ4v) is 3.05. The molecule has 4 unspecified atom stereocenters. The van der Waals surface area contributed by atoms with Gasteiger partial charge in [0.2, 0.25) is 0 Å². The maximum Gasteiger partial charge on any atom is 0.529 e. The third-order valence-electron chi connectivity index (χ3n) is 3.66. The summed E-state index contributed by atoms with van der Waals surface area (Å²) in [7, 11) is -5.71. The largest absolute Gasteiger partial charge is 0.529 e. The highest BCUT2D eigenvalue weighted by Gasteiger charge is 2.49. The Balaban J connectivity index is 2.18. The van der Waals surface area contributed by atoms with Gasteiger partial charge in [0.05, 0.1) is 6.61 Å². The van der Waals surface area contributed by atoms with Gasteiger partial charge in [0.25, 0.3) is 0 Å². The molecule has 2 rings (SSSR count). The quantitative estimate of drug-likeness (QED) is 0.323. The molecule has 1 aromatic rings. The van der Waals surface area contributed by atoms with Gasteiger partial charge in [-0.1, -0.05) is 0 Å². The minimum Gasteiger partial charge on any atom is -0.453 e. The first-order chi connectivity index (χ1) is 14.5. The number of rotatable bonds is 6. The minimum atomic E-state index is -5.71. The lowest BCUT2D eigenvalue weighted by Gasteiger charge is -2.20. The first kappa shape index (κ1) is 25.6. The highest BCUT2D eigenvalue weighted by molar-refractivity contribution is 7.48. The van der Waals surface area contributed by atoms with Gasteiger partial charge in [0.1, 0.15) is 24.3 Å². The van der Waals surface area contributed by atoms with Gasteiger partial charge in [-0.3, -0.25) is 14.0 Å². The SMILES string of the molecule is Nc1ccn(C2CC(OC(=O)C(F)(F)F)C(COP(=O)(O)OC(=O)C(F)(F)F)O2)c(=O)n1. The Labute approximate surface area is 172 Å². The van der Waals surface area contributed by atoms with E-state index in [1.807, 2.05) is 0 Å². The van der Waals surface area contributed by atoms with E-state index in [0.29, 0.717) is 0 Å². The number of nitrogen functional groups attached to an aromatic ring is 1. The first-order valence-corrected chi connectivity index (χ1v) is 9.55. The summed E-state index contributed by atoms with van der Waals surface area (Å²) in [6.45, 7) is -1.28. The van der Waals surface area contributed by atoms with Crippen molar-refractivity contribution in [3.05, 3.63) is 22.7 Å². The Hall–Kier alpha value is -2.69. The molecule has 0 amide bonds. The second-order valence-corrected chi connectivity index (χ2v) is 7.37. The van der Waals surface area contributed by atoms with Crippen molar-refractivity contribution in [1.29, 1.82) is 0 Å². The van der Waals surface area contributed by atoms with E-state index < -0.39 is 69.3 Å². The van der Waals surface area contributed by atoms with Crippen LogP contribution < -0.4 is 11.4 Å². The van der Waals surface area contributed by atoms with Crippen LogP contribution in [0.4, 0.5) is 32.2 Å². The van der Waals surface area contributed by atoms with Crippen molar-refractivity contribution >= 4 is 25.6 Å². The van der Waals surface area contributed by atoms with Crippen molar-refractivity contribution < 1.29 is 63.9 Å². The average Bonchev–Trinajstić information content (AvgIpc) is 3.00. The predicted octanol–water partition coefficient (Wildman–Crippen LogP) is 0.810. The summed E-state index contributed by atoms with van der Waals surface area (Å²) in [4.78, 5) is 46.3. The van der Waals surface area contributed by atoms with Crippen molar-refractivity contribution in [3.63, 3.8) is 0 Å². The van der Waals surface area contributed by atoms with Gasteiger partial charge in [-0.25, -0.2) is 18.9 Å². The predicted molar refractivity (Wildman–Crippen MR) is 85.3 cm³/mol. The Kier molecular flexibility index (Phi) is 7.23. The standard InChI is InChI=1S/C13H12F6N3O9P/c14-12(15,16)9(23)30-5-3-8(22-2-1-7(20)21-11(22)25)29-6(5)4-28-32(26,27)31-10(24)13(17,18)19/h1-2,5-6,8H,3-4H2,(H,26,27)(H2,20,21,25). The summed E-state index contributed by atoms with van der Waals surface area (Å²) in [5.41, 5.74) is 4.28. The number of hydrogen-bond donors (Lipinski definition) is 2. The van der Waals surface area contributed by atoms with Gasteiger partial charge < -0.3 is 19.7 Å². The molecule has 1 fully saturated rings. The molecule has 3 N–H and O–H groups in total. The third-order valence-corrected chi connectivity index (χ3v) is 4.54. The van der Waals surface area contributed by atoms with Crippen LogP contribution >= 0.6 is 7.82 Å². The van der Waals surface area contributed by atoms with E-state index >= 15 is 0 Å². The second-order valence-electron chi connectivity index (χ2n) is 5.99. The lowest BCUT2D eigenvalue weighted by Crippen LogP contribution is -2.36. The van der Waals surface area contributed by atoms with Crippen LogP contribution in [-0.4, -0.2) is 57.6 Å². The number of phosphoric ester groups is 1. The van der Waals surface area contributed by atoms with Crippen LogP contribution in [0.15, 0.2) is 17.1 Å². The molecule has 2 heterocycles. The smallest absolute Gasteiger partial charge is 0.453 e. The number of esters is 1. The van der Waals surface area contributed by atoms with Gasteiger partial charge in [-0.15, -0.1) is 0 Å². The molecule has 0 bridgehead atoms. The number of aromatic nitrogens is 2. The van der Waals surface area contributed by atoms with Gasteiger partial charge in [-0.05, 0) is 6.07 Å². The number of halogens is 6. The van der Waals surface area contributed by atoms with E-state index in [0.717, 1.165) is 16.8 Å². The third kappa shape index (κ3) is 6.65. The van der Waals surface area contributed by atoms with E-state index in [9.17, 15) is 50.2 Å². The zero-order chi connectivity index (χ0) is 24.5. The summed E-state index contributed by atoms with van der Waals surface area (Å²) in [6.07, 6.45) is -15.8. The molecule has 1 aromatic heterocycles. The molecule has 19 heteroatoms. The molecule has 0 aromatic carbocycles. The highest BCUT2D eigenvalue weighted by atomic mass is 31.2. The minimum absolute atomic E-state index is 0.211. The molecule has 0 aliphatic carbocycles. The number of phosphoric acid groups is 1. The van der Waals surface area contributed by atoms with Gasteiger partial charge in [0.15, 0.2) is 0 Å². The topological polar surface area (TPSA) is 169 Å². The normalized spacial score (nSPS) is 23.4. The Bertz CT molecular complexity index is 981. The van der Waals surface area contributed by atoms with Gasteiger partial charge in [-0.2, -0.15) is 31.3 Å². The number of nitrogens with two attached hydrogens (primary N) is 1. The number of alkyl halides is 6. The summed E-state index contributed by atoms with van der Waals surface area (Å²) < 4.78 is 103. The van der Waals surface area contributed by atoms with Crippen LogP contribution in [0, 0.1) is 0 Å². The molecule has 1 saturated heterocycles. The maximum atomic E-state index is 12.5. The molecular formula is C13H12F6N3O9P.